The Bertz CT molecular complexity index is 441. The molecule has 0 aromatic carbocycles. The van der Waals surface area contributed by atoms with Gasteiger partial charge in [-0.2, -0.15) is 5.10 Å². The van der Waals surface area contributed by atoms with Crippen molar-refractivity contribution in [3.05, 3.63) is 16.4 Å². The third kappa shape index (κ3) is 3.96. The van der Waals surface area contributed by atoms with Gasteiger partial charge in [0.05, 0.1) is 16.4 Å². The maximum Gasteiger partial charge on any atom is 0.0860 e. The highest BCUT2D eigenvalue weighted by Crippen LogP contribution is 2.22. The number of rotatable bonds is 4. The molecular weight excluding hydrogens is 272 g/mol. The predicted octanol–water partition coefficient (Wildman–Crippen LogP) is 2.59. The lowest BCUT2D eigenvalue weighted by Crippen LogP contribution is -2.38. The van der Waals surface area contributed by atoms with E-state index in [9.17, 15) is 0 Å². The molecule has 1 aliphatic rings. The van der Waals surface area contributed by atoms with E-state index in [0.29, 0.717) is 6.04 Å². The number of aromatic nitrogens is 2. The van der Waals surface area contributed by atoms with Crippen LogP contribution < -0.4 is 5.32 Å². The van der Waals surface area contributed by atoms with Crippen LogP contribution in [0.5, 0.6) is 0 Å². The molecule has 0 aliphatic carbocycles. The number of aryl methyl sites for hydroxylation is 2. The summed E-state index contributed by atoms with van der Waals surface area (Å²) < 4.78 is 1.92. The summed E-state index contributed by atoms with van der Waals surface area (Å²) in [5.41, 5.74) is 2.06. The van der Waals surface area contributed by atoms with Crippen molar-refractivity contribution in [2.75, 3.05) is 19.6 Å². The maximum absolute atomic E-state index is 6.37. The second-order valence-corrected chi connectivity index (χ2v) is 6.72. The largest absolute Gasteiger partial charge is 0.313 e. The zero-order valence-electron chi connectivity index (χ0n) is 13.1. The molecule has 1 atom stereocenters. The lowest BCUT2D eigenvalue weighted by Gasteiger charge is -2.25. The predicted molar refractivity (Wildman–Crippen MR) is 84.1 cm³/mol. The number of nitrogens with zero attached hydrogens (tertiary/aromatic N) is 3. The molecule has 1 fully saturated rings. The second kappa shape index (κ2) is 6.92. The Morgan fingerprint density at radius 2 is 2.20 bits per heavy atom. The van der Waals surface area contributed by atoms with Gasteiger partial charge in [0.1, 0.15) is 0 Å². The molecule has 2 rings (SSSR count). The van der Waals surface area contributed by atoms with Crippen LogP contribution in [-0.2, 0) is 13.6 Å². The van der Waals surface area contributed by atoms with Crippen molar-refractivity contribution in [2.24, 2.45) is 13.0 Å². The van der Waals surface area contributed by atoms with Crippen molar-refractivity contribution in [2.45, 2.75) is 46.2 Å². The average Bonchev–Trinajstić information content (AvgIpc) is 2.56. The monoisotopic (exact) mass is 298 g/mol. The van der Waals surface area contributed by atoms with E-state index in [1.165, 1.54) is 12.8 Å². The molecule has 1 saturated heterocycles. The van der Waals surface area contributed by atoms with Crippen molar-refractivity contribution < 1.29 is 0 Å². The van der Waals surface area contributed by atoms with Crippen LogP contribution in [0.4, 0.5) is 0 Å². The fourth-order valence-electron chi connectivity index (χ4n) is 3.01. The Balaban J connectivity index is 2.03. The highest BCUT2D eigenvalue weighted by molar-refractivity contribution is 6.31. The average molecular weight is 299 g/mol. The van der Waals surface area contributed by atoms with Crippen LogP contribution >= 0.6 is 11.6 Å². The maximum atomic E-state index is 6.37. The van der Waals surface area contributed by atoms with Gasteiger partial charge in [0.15, 0.2) is 0 Å². The van der Waals surface area contributed by atoms with Gasteiger partial charge in [-0.1, -0.05) is 25.4 Å². The first-order chi connectivity index (χ1) is 9.47. The van der Waals surface area contributed by atoms with Gasteiger partial charge < -0.3 is 5.32 Å². The Morgan fingerprint density at radius 3 is 2.80 bits per heavy atom. The molecule has 0 spiro atoms. The third-order valence-corrected chi connectivity index (χ3v) is 4.45. The van der Waals surface area contributed by atoms with E-state index in [1.807, 2.05) is 18.7 Å². The van der Waals surface area contributed by atoms with Gasteiger partial charge >= 0.3 is 0 Å². The molecular formula is C15H27ClN4. The first-order valence-corrected chi connectivity index (χ1v) is 7.99. The molecule has 5 heteroatoms. The van der Waals surface area contributed by atoms with Crippen LogP contribution in [0.3, 0.4) is 0 Å². The van der Waals surface area contributed by atoms with E-state index in [2.05, 4.69) is 29.2 Å². The summed E-state index contributed by atoms with van der Waals surface area (Å²) in [6.45, 7) is 10.8. The topological polar surface area (TPSA) is 33.1 Å². The van der Waals surface area contributed by atoms with Gasteiger partial charge in [0.25, 0.3) is 0 Å². The van der Waals surface area contributed by atoms with Crippen molar-refractivity contribution in [3.8, 4) is 0 Å². The van der Waals surface area contributed by atoms with Gasteiger partial charge in [0, 0.05) is 26.2 Å². The molecule has 0 bridgehead atoms. The van der Waals surface area contributed by atoms with Gasteiger partial charge in [-0.05, 0) is 38.8 Å². The third-order valence-electron chi connectivity index (χ3n) is 3.95. The summed E-state index contributed by atoms with van der Waals surface area (Å²) >= 11 is 6.37. The molecule has 20 heavy (non-hydrogen) atoms. The van der Waals surface area contributed by atoms with Crippen molar-refractivity contribution in [1.82, 2.24) is 20.0 Å². The SMILES string of the molecule is Cc1nn(C)c(CN2CCCNC(CC(C)C)C2)c1Cl. The Hall–Kier alpha value is -0.580. The molecule has 0 radical (unpaired) electrons. The summed E-state index contributed by atoms with van der Waals surface area (Å²) in [6, 6.07) is 0.589. The molecule has 0 saturated carbocycles. The summed E-state index contributed by atoms with van der Waals surface area (Å²) in [7, 11) is 1.98. The first-order valence-electron chi connectivity index (χ1n) is 7.61. The molecule has 1 aromatic heterocycles. The number of hydrogen-bond acceptors (Lipinski definition) is 3. The van der Waals surface area contributed by atoms with E-state index in [4.69, 9.17) is 11.6 Å². The van der Waals surface area contributed by atoms with Crippen LogP contribution in [0.2, 0.25) is 5.02 Å². The van der Waals surface area contributed by atoms with Crippen LogP contribution in [0, 0.1) is 12.8 Å². The zero-order chi connectivity index (χ0) is 14.7. The van der Waals surface area contributed by atoms with Gasteiger partial charge in [-0.25, -0.2) is 0 Å². The fraction of sp³-hybridized carbons (Fsp3) is 0.800. The number of hydrogen-bond donors (Lipinski definition) is 1. The minimum absolute atomic E-state index is 0.589. The molecule has 1 N–H and O–H groups in total. The van der Waals surface area contributed by atoms with Gasteiger partial charge in [-0.3, -0.25) is 9.58 Å². The highest BCUT2D eigenvalue weighted by atomic mass is 35.5. The van der Waals surface area contributed by atoms with Crippen LogP contribution in [0.1, 0.15) is 38.1 Å². The lowest BCUT2D eigenvalue weighted by molar-refractivity contribution is 0.242. The summed E-state index contributed by atoms with van der Waals surface area (Å²) in [5, 5.41) is 8.90. The highest BCUT2D eigenvalue weighted by Gasteiger charge is 2.21. The Morgan fingerprint density at radius 1 is 1.45 bits per heavy atom. The zero-order valence-corrected chi connectivity index (χ0v) is 13.9. The summed E-state index contributed by atoms with van der Waals surface area (Å²) in [6.07, 6.45) is 2.43. The fourth-order valence-corrected chi connectivity index (χ4v) is 3.23. The quantitative estimate of drug-likeness (QED) is 0.927. The van der Waals surface area contributed by atoms with E-state index in [-0.39, 0.29) is 0 Å². The molecule has 1 aliphatic heterocycles. The summed E-state index contributed by atoms with van der Waals surface area (Å²) in [4.78, 5) is 2.51. The number of halogens is 1. The van der Waals surface area contributed by atoms with Gasteiger partial charge in [-0.15, -0.1) is 0 Å². The van der Waals surface area contributed by atoms with Crippen molar-refractivity contribution in [3.63, 3.8) is 0 Å². The Kier molecular flexibility index (Phi) is 5.47. The molecule has 114 valence electrons. The second-order valence-electron chi connectivity index (χ2n) is 6.34. The van der Waals surface area contributed by atoms with Crippen LogP contribution in [0.15, 0.2) is 0 Å². The van der Waals surface area contributed by atoms with E-state index < -0.39 is 0 Å². The van der Waals surface area contributed by atoms with E-state index >= 15 is 0 Å². The Labute approximate surface area is 127 Å². The van der Waals surface area contributed by atoms with Crippen LogP contribution in [0.25, 0.3) is 0 Å². The summed E-state index contributed by atoms with van der Waals surface area (Å²) in [5.74, 6) is 0.731. The van der Waals surface area contributed by atoms with E-state index in [1.54, 1.807) is 0 Å². The standard InChI is InChI=1S/C15H27ClN4/c1-11(2)8-13-9-20(7-5-6-17-13)10-14-15(16)12(3)18-19(14)4/h11,13,17H,5-10H2,1-4H3. The van der Waals surface area contributed by atoms with Crippen LogP contribution in [-0.4, -0.2) is 40.4 Å². The first kappa shape index (κ1) is 15.8. The molecule has 4 nitrogen and oxygen atoms in total. The minimum atomic E-state index is 0.589. The molecule has 2 heterocycles. The molecule has 0 amide bonds. The molecule has 1 unspecified atom stereocenters. The minimum Gasteiger partial charge on any atom is -0.313 e. The van der Waals surface area contributed by atoms with Crippen molar-refractivity contribution in [1.29, 1.82) is 0 Å². The van der Waals surface area contributed by atoms with Crippen molar-refractivity contribution >= 4 is 11.6 Å². The van der Waals surface area contributed by atoms with E-state index in [0.717, 1.165) is 48.5 Å². The normalized spacial score (nSPS) is 21.4. The molecule has 1 aromatic rings. The number of nitrogens with one attached hydrogen (secondary N) is 1. The smallest absolute Gasteiger partial charge is 0.0860 e. The lowest BCUT2D eigenvalue weighted by atomic mass is 10.0. The van der Waals surface area contributed by atoms with Gasteiger partial charge in [0.2, 0.25) is 0 Å².